The first-order valence-corrected chi connectivity index (χ1v) is 9.41. The molecule has 0 saturated carbocycles. The van der Waals surface area contributed by atoms with Crippen LogP contribution in [-0.4, -0.2) is 17.5 Å². The van der Waals surface area contributed by atoms with Crippen LogP contribution in [0.25, 0.3) is 21.9 Å². The summed E-state index contributed by atoms with van der Waals surface area (Å²) >= 11 is 6.08. The molecular formula is C22H17ClN2O4. The predicted molar refractivity (Wildman–Crippen MR) is 113 cm³/mol. The molecule has 2 aromatic carbocycles. The van der Waals surface area contributed by atoms with Gasteiger partial charge in [-0.15, -0.1) is 0 Å². The van der Waals surface area contributed by atoms with Crippen molar-refractivity contribution in [2.45, 2.75) is 13.8 Å². The summed E-state index contributed by atoms with van der Waals surface area (Å²) in [5.74, 6) is 0.00625. The molecule has 29 heavy (non-hydrogen) atoms. The highest BCUT2D eigenvalue weighted by Gasteiger charge is 2.16. The van der Waals surface area contributed by atoms with Crippen LogP contribution in [0.4, 0.5) is 5.69 Å². The van der Waals surface area contributed by atoms with Crippen molar-refractivity contribution >= 4 is 45.1 Å². The van der Waals surface area contributed by atoms with Crippen molar-refractivity contribution in [2.75, 3.05) is 11.9 Å². The van der Waals surface area contributed by atoms with Crippen molar-refractivity contribution in [3.63, 3.8) is 0 Å². The lowest BCUT2D eigenvalue weighted by atomic mass is 10.1. The van der Waals surface area contributed by atoms with E-state index >= 15 is 0 Å². The fourth-order valence-corrected chi connectivity index (χ4v) is 3.26. The number of benzene rings is 2. The molecule has 6 nitrogen and oxygen atoms in total. The SMILES string of the molecule is CCOc1ccc(NC(=O)c2cc(=O)c3cc(Cl)c(C)cc3o2)c2cccnc12. The van der Waals surface area contributed by atoms with Crippen molar-refractivity contribution < 1.29 is 13.9 Å². The number of aryl methyl sites for hydroxylation is 1. The first kappa shape index (κ1) is 19.0. The average molecular weight is 409 g/mol. The highest BCUT2D eigenvalue weighted by Crippen LogP contribution is 2.30. The molecule has 0 radical (unpaired) electrons. The quantitative estimate of drug-likeness (QED) is 0.516. The highest BCUT2D eigenvalue weighted by molar-refractivity contribution is 6.32. The Balaban J connectivity index is 1.74. The maximum Gasteiger partial charge on any atom is 0.291 e. The lowest BCUT2D eigenvalue weighted by molar-refractivity contribution is 0.0997. The molecule has 0 unspecified atom stereocenters. The van der Waals surface area contributed by atoms with Gasteiger partial charge in [0.1, 0.15) is 16.8 Å². The summed E-state index contributed by atoms with van der Waals surface area (Å²) in [6.07, 6.45) is 1.66. The third-order valence-corrected chi connectivity index (χ3v) is 4.92. The Kier molecular flexibility index (Phi) is 4.94. The maximum absolute atomic E-state index is 12.8. The number of ether oxygens (including phenoxy) is 1. The van der Waals surface area contributed by atoms with E-state index in [-0.39, 0.29) is 11.2 Å². The number of rotatable bonds is 4. The van der Waals surface area contributed by atoms with Gasteiger partial charge in [0.25, 0.3) is 5.91 Å². The highest BCUT2D eigenvalue weighted by atomic mass is 35.5. The molecule has 146 valence electrons. The molecule has 0 saturated heterocycles. The van der Waals surface area contributed by atoms with Gasteiger partial charge in [0, 0.05) is 22.7 Å². The normalized spacial score (nSPS) is 11.0. The summed E-state index contributed by atoms with van der Waals surface area (Å²) in [6, 6.07) is 11.4. The van der Waals surface area contributed by atoms with E-state index in [1.165, 1.54) is 6.07 Å². The number of hydrogen-bond donors (Lipinski definition) is 1. The van der Waals surface area contributed by atoms with Gasteiger partial charge >= 0.3 is 0 Å². The van der Waals surface area contributed by atoms with E-state index in [0.717, 1.165) is 10.9 Å². The molecule has 4 aromatic rings. The van der Waals surface area contributed by atoms with Crippen molar-refractivity contribution in [1.82, 2.24) is 4.98 Å². The fraction of sp³-hybridized carbons (Fsp3) is 0.136. The van der Waals surface area contributed by atoms with E-state index in [0.29, 0.717) is 39.6 Å². The molecular weight excluding hydrogens is 392 g/mol. The monoisotopic (exact) mass is 408 g/mol. The Morgan fingerprint density at radius 3 is 2.83 bits per heavy atom. The Morgan fingerprint density at radius 1 is 1.21 bits per heavy atom. The molecule has 0 spiro atoms. The van der Waals surface area contributed by atoms with Crippen molar-refractivity contribution in [3.05, 3.63) is 75.2 Å². The van der Waals surface area contributed by atoms with Gasteiger partial charge < -0.3 is 14.5 Å². The maximum atomic E-state index is 12.8. The topological polar surface area (TPSA) is 81.4 Å². The molecule has 0 aliphatic heterocycles. The van der Waals surface area contributed by atoms with E-state index in [1.807, 2.05) is 13.0 Å². The van der Waals surface area contributed by atoms with Crippen LogP contribution >= 0.6 is 11.6 Å². The molecule has 0 aliphatic carbocycles. The molecule has 0 aliphatic rings. The van der Waals surface area contributed by atoms with Gasteiger partial charge in [-0.25, -0.2) is 0 Å². The standard InChI is InChI=1S/C22H17ClN2O4/c1-3-28-18-7-6-16(13-5-4-8-24-21(13)18)25-22(27)20-11-17(26)14-10-15(23)12(2)9-19(14)29-20/h4-11H,3H2,1-2H3,(H,25,27). The van der Waals surface area contributed by atoms with E-state index in [4.69, 9.17) is 20.8 Å². The number of anilines is 1. The first-order valence-electron chi connectivity index (χ1n) is 9.04. The van der Waals surface area contributed by atoms with Crippen molar-refractivity contribution in [2.24, 2.45) is 0 Å². The minimum Gasteiger partial charge on any atom is -0.492 e. The number of carbonyl (C=O) groups excluding carboxylic acids is 1. The number of carbonyl (C=O) groups is 1. The van der Waals surface area contributed by atoms with Crippen LogP contribution in [0.1, 0.15) is 23.0 Å². The number of halogens is 1. The van der Waals surface area contributed by atoms with Crippen LogP contribution in [0, 0.1) is 6.92 Å². The summed E-state index contributed by atoms with van der Waals surface area (Å²) < 4.78 is 11.3. The molecule has 0 bridgehead atoms. The van der Waals surface area contributed by atoms with Gasteiger partial charge in [-0.05, 0) is 55.8 Å². The predicted octanol–water partition coefficient (Wildman–Crippen LogP) is 4.95. The zero-order valence-corrected chi connectivity index (χ0v) is 16.5. The average Bonchev–Trinajstić information content (AvgIpc) is 2.71. The van der Waals surface area contributed by atoms with E-state index in [1.54, 1.807) is 43.5 Å². The van der Waals surface area contributed by atoms with Crippen LogP contribution in [0.2, 0.25) is 5.02 Å². The molecule has 2 aromatic heterocycles. The summed E-state index contributed by atoms with van der Waals surface area (Å²) in [5, 5.41) is 4.31. The number of amides is 1. The Labute approximate surface area is 171 Å². The zero-order chi connectivity index (χ0) is 20.5. The summed E-state index contributed by atoms with van der Waals surface area (Å²) in [6.45, 7) is 4.19. The van der Waals surface area contributed by atoms with Crippen LogP contribution in [0.3, 0.4) is 0 Å². The Hall–Kier alpha value is -3.38. The summed E-state index contributed by atoms with van der Waals surface area (Å²) in [4.78, 5) is 29.6. The molecule has 1 amide bonds. The number of fused-ring (bicyclic) bond motifs is 2. The molecule has 0 atom stereocenters. The molecule has 2 heterocycles. The van der Waals surface area contributed by atoms with Gasteiger partial charge in [0.2, 0.25) is 0 Å². The number of nitrogens with zero attached hydrogens (tertiary/aromatic N) is 1. The molecule has 7 heteroatoms. The number of hydrogen-bond acceptors (Lipinski definition) is 5. The van der Waals surface area contributed by atoms with Gasteiger partial charge in [0.15, 0.2) is 11.2 Å². The first-order chi connectivity index (χ1) is 14.0. The minimum atomic E-state index is -0.536. The van der Waals surface area contributed by atoms with E-state index < -0.39 is 5.91 Å². The van der Waals surface area contributed by atoms with E-state index in [2.05, 4.69) is 10.3 Å². The minimum absolute atomic E-state index is 0.0878. The van der Waals surface area contributed by atoms with Crippen molar-refractivity contribution in [1.29, 1.82) is 0 Å². The van der Waals surface area contributed by atoms with E-state index in [9.17, 15) is 9.59 Å². The lowest BCUT2D eigenvalue weighted by Crippen LogP contribution is -2.15. The van der Waals surface area contributed by atoms with Crippen LogP contribution in [0.5, 0.6) is 5.75 Å². The Bertz CT molecular complexity index is 1310. The van der Waals surface area contributed by atoms with Crippen LogP contribution in [0.15, 0.2) is 57.9 Å². The fourth-order valence-electron chi connectivity index (χ4n) is 3.10. The second-order valence-corrected chi connectivity index (χ2v) is 6.88. The molecule has 1 N–H and O–H groups in total. The second-order valence-electron chi connectivity index (χ2n) is 6.47. The lowest BCUT2D eigenvalue weighted by Gasteiger charge is -2.12. The number of pyridine rings is 1. The number of nitrogens with one attached hydrogen (secondary N) is 1. The molecule has 4 rings (SSSR count). The van der Waals surface area contributed by atoms with Crippen molar-refractivity contribution in [3.8, 4) is 5.75 Å². The van der Waals surface area contributed by atoms with Gasteiger partial charge in [-0.3, -0.25) is 14.6 Å². The van der Waals surface area contributed by atoms with Crippen LogP contribution < -0.4 is 15.5 Å². The summed E-state index contributed by atoms with van der Waals surface area (Å²) in [5.41, 5.74) is 1.90. The van der Waals surface area contributed by atoms with Gasteiger partial charge in [-0.2, -0.15) is 0 Å². The zero-order valence-electron chi connectivity index (χ0n) is 15.8. The summed E-state index contributed by atoms with van der Waals surface area (Å²) in [7, 11) is 0. The second kappa shape index (κ2) is 7.56. The smallest absolute Gasteiger partial charge is 0.291 e. The van der Waals surface area contributed by atoms with Gasteiger partial charge in [0.05, 0.1) is 17.7 Å². The number of aromatic nitrogens is 1. The molecule has 0 fully saturated rings. The largest absolute Gasteiger partial charge is 0.492 e. The van der Waals surface area contributed by atoms with Gasteiger partial charge in [-0.1, -0.05) is 11.6 Å². The Morgan fingerprint density at radius 2 is 2.03 bits per heavy atom. The third kappa shape index (κ3) is 3.54. The third-order valence-electron chi connectivity index (χ3n) is 4.51. The van der Waals surface area contributed by atoms with Crippen LogP contribution in [-0.2, 0) is 0 Å².